The Hall–Kier alpha value is 0.0700. The number of nitrogens with zero attached hydrogens (tertiary/aromatic N) is 1. The Bertz CT molecular complexity index is 219. The summed E-state index contributed by atoms with van der Waals surface area (Å²) in [5, 5.41) is 8.54. The molecule has 0 radical (unpaired) electrons. The maximum Gasteiger partial charge on any atom is 0.313 e. The molecule has 0 amide bonds. The zero-order chi connectivity index (χ0) is 9.97. The van der Waals surface area contributed by atoms with Gasteiger partial charge in [0.25, 0.3) is 0 Å². The number of carbonyl (C=O) groups is 1. The lowest BCUT2D eigenvalue weighted by Gasteiger charge is -2.44. The molecule has 3 fully saturated rings. The standard InChI is InChI=1S/C10H17NO2S.ClH/c12-10(13)7-14-6-9-5-11-3-1-8(9)2-4-11;/h8-9H,1-7H2,(H,12,13);1H. The number of hydrogen-bond donors (Lipinski definition) is 1. The molecule has 1 unspecified atom stereocenters. The Kier molecular flexibility index (Phi) is 5.23. The topological polar surface area (TPSA) is 40.5 Å². The molecule has 1 atom stereocenters. The highest BCUT2D eigenvalue weighted by atomic mass is 35.5. The quantitative estimate of drug-likeness (QED) is 0.824. The second-order valence-electron chi connectivity index (χ2n) is 4.31. The number of thioether (sulfide) groups is 1. The fraction of sp³-hybridized carbons (Fsp3) is 0.900. The van der Waals surface area contributed by atoms with Crippen LogP contribution in [0, 0.1) is 11.8 Å². The Balaban J connectivity index is 0.00000112. The van der Waals surface area contributed by atoms with Crippen LogP contribution in [0.15, 0.2) is 0 Å². The minimum absolute atomic E-state index is 0. The summed E-state index contributed by atoms with van der Waals surface area (Å²) >= 11 is 1.58. The largest absolute Gasteiger partial charge is 0.481 e. The number of halogens is 1. The van der Waals surface area contributed by atoms with Gasteiger partial charge in [0.1, 0.15) is 0 Å². The number of rotatable bonds is 4. The van der Waals surface area contributed by atoms with Crippen LogP contribution in [0.3, 0.4) is 0 Å². The van der Waals surface area contributed by atoms with Crippen LogP contribution in [-0.2, 0) is 4.79 Å². The first-order valence-electron chi connectivity index (χ1n) is 5.27. The van der Waals surface area contributed by atoms with E-state index in [1.807, 2.05) is 0 Å². The number of carboxylic acids is 1. The van der Waals surface area contributed by atoms with Gasteiger partial charge in [0, 0.05) is 6.54 Å². The smallest absolute Gasteiger partial charge is 0.313 e. The van der Waals surface area contributed by atoms with E-state index in [0.29, 0.717) is 0 Å². The van der Waals surface area contributed by atoms with E-state index >= 15 is 0 Å². The molecule has 0 saturated carbocycles. The summed E-state index contributed by atoms with van der Waals surface area (Å²) < 4.78 is 0. The zero-order valence-electron chi connectivity index (χ0n) is 8.72. The normalized spacial score (nSPS) is 33.5. The van der Waals surface area contributed by atoms with Crippen LogP contribution in [0.5, 0.6) is 0 Å². The van der Waals surface area contributed by atoms with Crippen LogP contribution >= 0.6 is 24.2 Å². The van der Waals surface area contributed by atoms with Gasteiger partial charge < -0.3 is 10.0 Å². The third-order valence-electron chi connectivity index (χ3n) is 3.35. The first-order valence-corrected chi connectivity index (χ1v) is 6.43. The van der Waals surface area contributed by atoms with Gasteiger partial charge in [0.2, 0.25) is 0 Å². The van der Waals surface area contributed by atoms with Crippen molar-refractivity contribution >= 4 is 30.1 Å². The van der Waals surface area contributed by atoms with Crippen molar-refractivity contribution in [2.45, 2.75) is 12.8 Å². The number of aliphatic carboxylic acids is 1. The van der Waals surface area contributed by atoms with Gasteiger partial charge in [-0.25, -0.2) is 0 Å². The molecule has 88 valence electrons. The maximum atomic E-state index is 10.4. The first kappa shape index (κ1) is 13.1. The molecule has 3 heterocycles. The van der Waals surface area contributed by atoms with Crippen molar-refractivity contribution in [3.63, 3.8) is 0 Å². The molecule has 1 N–H and O–H groups in total. The van der Waals surface area contributed by atoms with E-state index in [1.54, 1.807) is 11.8 Å². The second-order valence-corrected chi connectivity index (χ2v) is 5.34. The fourth-order valence-corrected chi connectivity index (χ4v) is 3.55. The van der Waals surface area contributed by atoms with Crippen molar-refractivity contribution in [1.82, 2.24) is 4.90 Å². The molecule has 0 aromatic carbocycles. The fourth-order valence-electron chi connectivity index (χ4n) is 2.57. The van der Waals surface area contributed by atoms with Crippen molar-refractivity contribution in [2.24, 2.45) is 11.8 Å². The molecule has 0 aliphatic carbocycles. The van der Waals surface area contributed by atoms with Crippen molar-refractivity contribution < 1.29 is 9.90 Å². The molecule has 15 heavy (non-hydrogen) atoms. The highest BCUT2D eigenvalue weighted by Crippen LogP contribution is 2.33. The summed E-state index contributed by atoms with van der Waals surface area (Å²) in [5.74, 6) is 2.25. The summed E-state index contributed by atoms with van der Waals surface area (Å²) in [4.78, 5) is 12.9. The predicted molar refractivity (Wildman–Crippen MR) is 64.9 cm³/mol. The highest BCUT2D eigenvalue weighted by Gasteiger charge is 2.33. The molecular formula is C10H18ClNO2S. The second kappa shape index (κ2) is 5.97. The molecule has 3 aliphatic heterocycles. The average molecular weight is 252 g/mol. The first-order chi connectivity index (χ1) is 6.75. The van der Waals surface area contributed by atoms with Crippen molar-refractivity contribution in [1.29, 1.82) is 0 Å². The van der Waals surface area contributed by atoms with Crippen LogP contribution in [0.1, 0.15) is 12.8 Å². The third-order valence-corrected chi connectivity index (χ3v) is 4.46. The number of piperidine rings is 3. The summed E-state index contributed by atoms with van der Waals surface area (Å²) in [6.07, 6.45) is 2.66. The summed E-state index contributed by atoms with van der Waals surface area (Å²) in [7, 11) is 0. The van der Waals surface area contributed by atoms with E-state index in [0.717, 1.165) is 17.6 Å². The zero-order valence-corrected chi connectivity index (χ0v) is 10.4. The summed E-state index contributed by atoms with van der Waals surface area (Å²) in [6.45, 7) is 3.74. The monoisotopic (exact) mass is 251 g/mol. The average Bonchev–Trinajstić information content (AvgIpc) is 2.19. The molecule has 0 spiro atoms. The van der Waals surface area contributed by atoms with Gasteiger partial charge in [-0.05, 0) is 43.5 Å². The Morgan fingerprint density at radius 2 is 2.07 bits per heavy atom. The van der Waals surface area contributed by atoms with E-state index in [-0.39, 0.29) is 18.2 Å². The molecule has 3 saturated heterocycles. The SMILES string of the molecule is Cl.O=C(O)CSCC1CN2CCC1CC2. The Morgan fingerprint density at radius 3 is 2.53 bits per heavy atom. The highest BCUT2D eigenvalue weighted by molar-refractivity contribution is 7.99. The Labute approximate surface area is 101 Å². The van der Waals surface area contributed by atoms with Gasteiger partial charge in [-0.15, -0.1) is 24.2 Å². The van der Waals surface area contributed by atoms with Gasteiger partial charge in [-0.3, -0.25) is 4.79 Å². The van der Waals surface area contributed by atoms with Gasteiger partial charge in [0.15, 0.2) is 0 Å². The minimum atomic E-state index is -0.684. The lowest BCUT2D eigenvalue weighted by molar-refractivity contribution is -0.133. The number of fused-ring (bicyclic) bond motifs is 3. The van der Waals surface area contributed by atoms with Crippen molar-refractivity contribution in [2.75, 3.05) is 31.1 Å². The number of hydrogen-bond acceptors (Lipinski definition) is 3. The van der Waals surface area contributed by atoms with Gasteiger partial charge >= 0.3 is 5.97 Å². The van der Waals surface area contributed by atoms with Crippen LogP contribution < -0.4 is 0 Å². The molecule has 3 rings (SSSR count). The molecule has 3 nitrogen and oxygen atoms in total. The molecule has 2 bridgehead atoms. The van der Waals surface area contributed by atoms with Gasteiger partial charge in [-0.1, -0.05) is 0 Å². The van der Waals surface area contributed by atoms with Crippen molar-refractivity contribution in [3.8, 4) is 0 Å². The minimum Gasteiger partial charge on any atom is -0.481 e. The third kappa shape index (κ3) is 3.54. The maximum absolute atomic E-state index is 10.4. The number of carboxylic acid groups (broad SMARTS) is 1. The molecule has 3 aliphatic rings. The van der Waals surface area contributed by atoms with Crippen LogP contribution in [0.4, 0.5) is 0 Å². The summed E-state index contributed by atoms with van der Waals surface area (Å²) in [6, 6.07) is 0. The lowest BCUT2D eigenvalue weighted by Crippen LogP contribution is -2.48. The van der Waals surface area contributed by atoms with E-state index in [9.17, 15) is 4.79 Å². The van der Waals surface area contributed by atoms with Crippen LogP contribution in [0.25, 0.3) is 0 Å². The molecular weight excluding hydrogens is 234 g/mol. The predicted octanol–water partition coefficient (Wildman–Crippen LogP) is 1.57. The van der Waals surface area contributed by atoms with E-state index in [2.05, 4.69) is 4.90 Å². The van der Waals surface area contributed by atoms with E-state index in [1.165, 1.54) is 32.5 Å². The molecule has 0 aromatic heterocycles. The van der Waals surface area contributed by atoms with E-state index < -0.39 is 5.97 Å². The van der Waals surface area contributed by atoms with Crippen LogP contribution in [0.2, 0.25) is 0 Å². The molecule has 5 heteroatoms. The lowest BCUT2D eigenvalue weighted by atomic mass is 9.80. The molecule has 0 aromatic rings. The van der Waals surface area contributed by atoms with Gasteiger partial charge in [-0.2, -0.15) is 0 Å². The Morgan fingerprint density at radius 1 is 1.40 bits per heavy atom. The van der Waals surface area contributed by atoms with Crippen molar-refractivity contribution in [3.05, 3.63) is 0 Å². The van der Waals surface area contributed by atoms with Crippen LogP contribution in [-0.4, -0.2) is 47.1 Å². The summed E-state index contributed by atoms with van der Waals surface area (Å²) in [5.41, 5.74) is 0. The van der Waals surface area contributed by atoms with E-state index in [4.69, 9.17) is 5.11 Å². The van der Waals surface area contributed by atoms with Gasteiger partial charge in [0.05, 0.1) is 5.75 Å².